The van der Waals surface area contributed by atoms with E-state index in [4.69, 9.17) is 32.7 Å². The summed E-state index contributed by atoms with van der Waals surface area (Å²) >= 11 is 12.1. The van der Waals surface area contributed by atoms with Crippen LogP contribution in [0.5, 0.6) is 11.5 Å². The number of ether oxygens (including phenoxy) is 2. The molecule has 7 heteroatoms. The van der Waals surface area contributed by atoms with E-state index in [1.54, 1.807) is 54.6 Å². The van der Waals surface area contributed by atoms with Crippen LogP contribution in [0, 0.1) is 11.3 Å². The summed E-state index contributed by atoms with van der Waals surface area (Å²) in [6, 6.07) is 31.2. The van der Waals surface area contributed by atoms with Gasteiger partial charge in [-0.3, -0.25) is 4.79 Å². The van der Waals surface area contributed by atoms with Crippen LogP contribution >= 0.6 is 23.2 Å². The molecule has 4 rings (SSSR count). The van der Waals surface area contributed by atoms with Gasteiger partial charge in [0, 0.05) is 11.3 Å². The zero-order chi connectivity index (χ0) is 26.0. The second-order valence-electron chi connectivity index (χ2n) is 8.00. The van der Waals surface area contributed by atoms with Gasteiger partial charge < -0.3 is 14.8 Å². The predicted octanol–water partition coefficient (Wildman–Crippen LogP) is 7.70. The number of halogens is 2. The topological polar surface area (TPSA) is 71.3 Å². The van der Waals surface area contributed by atoms with Crippen LogP contribution in [0.1, 0.15) is 16.7 Å². The molecule has 0 spiro atoms. The number of rotatable bonds is 9. The average molecular weight is 529 g/mol. The molecule has 37 heavy (non-hydrogen) atoms. The maximum Gasteiger partial charge on any atom is 0.266 e. The first-order valence-electron chi connectivity index (χ1n) is 11.4. The number of nitriles is 1. The monoisotopic (exact) mass is 528 g/mol. The number of para-hydroxylation sites is 1. The Balaban J connectivity index is 1.40. The maximum absolute atomic E-state index is 12.8. The highest BCUT2D eigenvalue weighted by molar-refractivity contribution is 6.42. The highest BCUT2D eigenvalue weighted by atomic mass is 35.5. The van der Waals surface area contributed by atoms with Crippen molar-refractivity contribution in [3.8, 4) is 17.6 Å². The van der Waals surface area contributed by atoms with Crippen LogP contribution in [0.2, 0.25) is 10.0 Å². The third-order valence-electron chi connectivity index (χ3n) is 5.32. The molecule has 0 atom stereocenters. The fourth-order valence-electron chi connectivity index (χ4n) is 3.40. The smallest absolute Gasteiger partial charge is 0.266 e. The number of nitrogens with one attached hydrogen (secondary N) is 1. The molecule has 0 heterocycles. The molecule has 0 saturated heterocycles. The van der Waals surface area contributed by atoms with Crippen molar-refractivity contribution in [2.45, 2.75) is 13.2 Å². The van der Waals surface area contributed by atoms with Crippen LogP contribution in [-0.2, 0) is 18.0 Å². The van der Waals surface area contributed by atoms with Crippen molar-refractivity contribution in [3.63, 3.8) is 0 Å². The lowest BCUT2D eigenvalue weighted by Gasteiger charge is -2.11. The molecule has 5 nitrogen and oxygen atoms in total. The van der Waals surface area contributed by atoms with E-state index in [9.17, 15) is 10.1 Å². The maximum atomic E-state index is 12.8. The summed E-state index contributed by atoms with van der Waals surface area (Å²) < 4.78 is 11.7. The quantitative estimate of drug-likeness (QED) is 0.178. The van der Waals surface area contributed by atoms with Gasteiger partial charge in [0.15, 0.2) is 0 Å². The van der Waals surface area contributed by atoms with Crippen molar-refractivity contribution >= 4 is 40.9 Å². The molecule has 0 fully saturated rings. The van der Waals surface area contributed by atoms with Crippen LogP contribution in [0.15, 0.2) is 103 Å². The summed E-state index contributed by atoms with van der Waals surface area (Å²) in [6.07, 6.45) is 1.50. The van der Waals surface area contributed by atoms with Crippen molar-refractivity contribution in [3.05, 3.63) is 129 Å². The molecule has 0 saturated carbocycles. The fourth-order valence-corrected chi connectivity index (χ4v) is 3.72. The number of anilines is 1. The zero-order valence-corrected chi connectivity index (χ0v) is 21.2. The Labute approximate surface area is 225 Å². The molecule has 184 valence electrons. The van der Waals surface area contributed by atoms with Crippen LogP contribution in [-0.4, -0.2) is 5.91 Å². The van der Waals surface area contributed by atoms with Crippen LogP contribution < -0.4 is 14.8 Å². The molecule has 4 aromatic rings. The minimum atomic E-state index is -0.528. The van der Waals surface area contributed by atoms with E-state index in [-0.39, 0.29) is 12.2 Å². The van der Waals surface area contributed by atoms with E-state index in [0.29, 0.717) is 39.4 Å². The van der Waals surface area contributed by atoms with Crippen molar-refractivity contribution < 1.29 is 14.3 Å². The van der Waals surface area contributed by atoms with Gasteiger partial charge in [-0.2, -0.15) is 5.26 Å². The minimum absolute atomic E-state index is 0.0602. The van der Waals surface area contributed by atoms with E-state index in [1.807, 2.05) is 48.5 Å². The van der Waals surface area contributed by atoms with Gasteiger partial charge in [-0.1, -0.05) is 77.8 Å². The number of amides is 1. The number of hydrogen-bond donors (Lipinski definition) is 1. The van der Waals surface area contributed by atoms with Crippen molar-refractivity contribution in [1.82, 2.24) is 0 Å². The number of benzene rings is 4. The molecule has 1 amide bonds. The molecule has 0 radical (unpaired) electrons. The number of carbonyl (C=O) groups excluding carboxylic acids is 1. The van der Waals surface area contributed by atoms with Gasteiger partial charge in [-0.25, -0.2) is 0 Å². The molecule has 0 aliphatic carbocycles. The lowest BCUT2D eigenvalue weighted by molar-refractivity contribution is -0.112. The largest absolute Gasteiger partial charge is 0.489 e. The fraction of sp³-hybridized carbons (Fsp3) is 0.0667. The second kappa shape index (κ2) is 12.6. The third kappa shape index (κ3) is 7.37. The van der Waals surface area contributed by atoms with E-state index in [1.165, 1.54) is 6.08 Å². The highest BCUT2D eigenvalue weighted by Gasteiger charge is 2.12. The number of carbonyl (C=O) groups is 1. The standard InChI is InChI=1S/C30H22Cl2N2O3/c31-27-15-10-22(16-28(27)32)20-37-29-9-5-4-8-23(29)17-24(18-33)30(35)34-25-11-13-26(14-12-25)36-19-21-6-2-1-3-7-21/h1-17H,19-20H2,(H,34,35)/b24-17+. The van der Waals surface area contributed by atoms with E-state index in [2.05, 4.69) is 5.32 Å². The molecule has 0 unspecified atom stereocenters. The minimum Gasteiger partial charge on any atom is -0.489 e. The van der Waals surface area contributed by atoms with E-state index >= 15 is 0 Å². The molecule has 0 bridgehead atoms. The first kappa shape index (κ1) is 25.8. The summed E-state index contributed by atoms with van der Waals surface area (Å²) in [4.78, 5) is 12.8. The van der Waals surface area contributed by atoms with Crippen molar-refractivity contribution in [2.75, 3.05) is 5.32 Å². The lowest BCUT2D eigenvalue weighted by atomic mass is 10.1. The van der Waals surface area contributed by atoms with Crippen molar-refractivity contribution in [2.24, 2.45) is 0 Å². The lowest BCUT2D eigenvalue weighted by Crippen LogP contribution is -2.13. The van der Waals surface area contributed by atoms with Crippen LogP contribution in [0.4, 0.5) is 5.69 Å². The number of hydrogen-bond acceptors (Lipinski definition) is 4. The van der Waals surface area contributed by atoms with Gasteiger partial charge in [0.1, 0.15) is 36.4 Å². The Bertz CT molecular complexity index is 1450. The summed E-state index contributed by atoms with van der Waals surface area (Å²) in [5.74, 6) is 0.666. The molecule has 0 aliphatic heterocycles. The Morgan fingerprint density at radius 2 is 1.51 bits per heavy atom. The Morgan fingerprint density at radius 3 is 2.24 bits per heavy atom. The molecule has 0 aliphatic rings. The molecule has 1 N–H and O–H groups in total. The van der Waals surface area contributed by atoms with Gasteiger partial charge in [-0.15, -0.1) is 0 Å². The van der Waals surface area contributed by atoms with Crippen LogP contribution in [0.3, 0.4) is 0 Å². The van der Waals surface area contributed by atoms with Gasteiger partial charge in [0.2, 0.25) is 0 Å². The molecular weight excluding hydrogens is 507 g/mol. The summed E-state index contributed by atoms with van der Waals surface area (Å²) in [5, 5.41) is 13.3. The second-order valence-corrected chi connectivity index (χ2v) is 8.81. The Kier molecular flexibility index (Phi) is 8.83. The number of nitrogens with zero attached hydrogens (tertiary/aromatic N) is 1. The first-order chi connectivity index (χ1) is 18.0. The van der Waals surface area contributed by atoms with E-state index in [0.717, 1.165) is 11.1 Å². The Morgan fingerprint density at radius 1 is 0.811 bits per heavy atom. The van der Waals surface area contributed by atoms with Gasteiger partial charge in [0.25, 0.3) is 5.91 Å². The van der Waals surface area contributed by atoms with E-state index < -0.39 is 5.91 Å². The highest BCUT2D eigenvalue weighted by Crippen LogP contribution is 2.26. The van der Waals surface area contributed by atoms with Crippen LogP contribution in [0.25, 0.3) is 6.08 Å². The SMILES string of the molecule is N#C/C(=C\c1ccccc1OCc1ccc(Cl)c(Cl)c1)C(=O)Nc1ccc(OCc2ccccc2)cc1. The summed E-state index contributed by atoms with van der Waals surface area (Å²) in [7, 11) is 0. The summed E-state index contributed by atoms with van der Waals surface area (Å²) in [5.41, 5.74) is 2.98. The molecule has 0 aromatic heterocycles. The summed E-state index contributed by atoms with van der Waals surface area (Å²) in [6.45, 7) is 0.689. The first-order valence-corrected chi connectivity index (χ1v) is 12.1. The zero-order valence-electron chi connectivity index (χ0n) is 19.7. The van der Waals surface area contributed by atoms with Crippen molar-refractivity contribution in [1.29, 1.82) is 5.26 Å². The normalized spacial score (nSPS) is 10.9. The molecular formula is C30H22Cl2N2O3. The molecule has 4 aromatic carbocycles. The third-order valence-corrected chi connectivity index (χ3v) is 6.06. The average Bonchev–Trinajstić information content (AvgIpc) is 2.93. The van der Waals surface area contributed by atoms with Gasteiger partial charge in [-0.05, 0) is 59.7 Å². The van der Waals surface area contributed by atoms with Gasteiger partial charge in [0.05, 0.1) is 10.0 Å². The Hall–Kier alpha value is -4.24. The predicted molar refractivity (Wildman–Crippen MR) is 147 cm³/mol. The van der Waals surface area contributed by atoms with Gasteiger partial charge >= 0.3 is 0 Å².